The van der Waals surface area contributed by atoms with Crippen LogP contribution in [-0.4, -0.2) is 47.2 Å². The van der Waals surface area contributed by atoms with Gasteiger partial charge in [0.15, 0.2) is 0 Å². The lowest BCUT2D eigenvalue weighted by Crippen LogP contribution is -2.50. The Labute approximate surface area is 118 Å². The Hall–Kier alpha value is -1.88. The predicted octanol–water partition coefficient (Wildman–Crippen LogP) is 1.56. The summed E-state index contributed by atoms with van der Waals surface area (Å²) in [5, 5.41) is 8.84. The van der Waals surface area contributed by atoms with Crippen LogP contribution in [0.4, 0.5) is 0 Å². The van der Waals surface area contributed by atoms with E-state index < -0.39 is 5.97 Å². The summed E-state index contributed by atoms with van der Waals surface area (Å²) in [7, 11) is 0. The Morgan fingerprint density at radius 2 is 1.95 bits per heavy atom. The van der Waals surface area contributed by atoms with Crippen LogP contribution in [0.1, 0.15) is 29.8 Å². The van der Waals surface area contributed by atoms with E-state index in [1.807, 2.05) is 18.7 Å². The van der Waals surface area contributed by atoms with Crippen molar-refractivity contribution in [3.05, 3.63) is 35.4 Å². The predicted molar refractivity (Wildman–Crippen MR) is 73.7 cm³/mol. The second-order valence-electron chi connectivity index (χ2n) is 5.22. The summed E-state index contributed by atoms with van der Waals surface area (Å²) >= 11 is 0. The number of carboxylic acid groups (broad SMARTS) is 1. The van der Waals surface area contributed by atoms with Crippen LogP contribution in [-0.2, 0) is 16.0 Å². The van der Waals surface area contributed by atoms with Gasteiger partial charge in [0, 0.05) is 6.54 Å². The van der Waals surface area contributed by atoms with Gasteiger partial charge >= 0.3 is 5.97 Å². The van der Waals surface area contributed by atoms with E-state index in [1.165, 1.54) is 12.1 Å². The molecule has 2 rings (SSSR count). The fraction of sp³-hybridized carbons (Fsp3) is 0.467. The van der Waals surface area contributed by atoms with Crippen LogP contribution in [0.2, 0.25) is 0 Å². The van der Waals surface area contributed by atoms with Gasteiger partial charge in [0.1, 0.15) is 0 Å². The molecule has 1 aliphatic heterocycles. The van der Waals surface area contributed by atoms with Crippen molar-refractivity contribution < 1.29 is 19.4 Å². The Bertz CT molecular complexity index is 497. The van der Waals surface area contributed by atoms with Gasteiger partial charge in [-0.2, -0.15) is 0 Å². The van der Waals surface area contributed by atoms with Gasteiger partial charge in [0.25, 0.3) is 0 Å². The molecule has 108 valence electrons. The molecule has 1 aromatic carbocycles. The molecule has 5 heteroatoms. The van der Waals surface area contributed by atoms with Gasteiger partial charge in [-0.15, -0.1) is 0 Å². The Morgan fingerprint density at radius 3 is 2.55 bits per heavy atom. The molecule has 0 bridgehead atoms. The first-order chi connectivity index (χ1) is 9.47. The number of carbonyl (C=O) groups is 2. The van der Waals surface area contributed by atoms with E-state index in [0.29, 0.717) is 13.2 Å². The molecule has 0 radical (unpaired) electrons. The number of ether oxygens (including phenoxy) is 1. The van der Waals surface area contributed by atoms with Crippen molar-refractivity contribution >= 4 is 11.9 Å². The molecule has 0 saturated carbocycles. The maximum Gasteiger partial charge on any atom is 0.335 e. The third-order valence-corrected chi connectivity index (χ3v) is 3.48. The minimum Gasteiger partial charge on any atom is -0.478 e. The molecule has 1 fully saturated rings. The summed E-state index contributed by atoms with van der Waals surface area (Å²) in [6.07, 6.45) is 0.348. The van der Waals surface area contributed by atoms with Gasteiger partial charge < -0.3 is 14.7 Å². The Kier molecular flexibility index (Phi) is 4.39. The zero-order chi connectivity index (χ0) is 14.7. The van der Waals surface area contributed by atoms with Crippen molar-refractivity contribution in [3.8, 4) is 0 Å². The van der Waals surface area contributed by atoms with Gasteiger partial charge in [-0.05, 0) is 31.5 Å². The number of nitrogens with zero attached hydrogens (tertiary/aromatic N) is 1. The average molecular weight is 277 g/mol. The molecule has 0 aromatic heterocycles. The molecule has 1 saturated heterocycles. The van der Waals surface area contributed by atoms with E-state index in [1.54, 1.807) is 12.1 Å². The van der Waals surface area contributed by atoms with E-state index in [4.69, 9.17) is 9.84 Å². The maximum absolute atomic E-state index is 12.3. The standard InChI is InChI=1S/C15H19NO4/c1-10-9-20-11(2)8-16(10)14(17)7-12-3-5-13(6-4-12)15(18)19/h3-6,10-11H,7-9H2,1-2H3,(H,18,19)/t10-,11+/m0/s1. The molecular formula is C15H19NO4. The van der Waals surface area contributed by atoms with Crippen LogP contribution in [0.25, 0.3) is 0 Å². The van der Waals surface area contributed by atoms with Crippen molar-refractivity contribution in [2.24, 2.45) is 0 Å². The van der Waals surface area contributed by atoms with Gasteiger partial charge in [-0.25, -0.2) is 4.79 Å². The van der Waals surface area contributed by atoms with Crippen molar-refractivity contribution in [1.29, 1.82) is 0 Å². The molecule has 0 aliphatic carbocycles. The van der Waals surface area contributed by atoms with Crippen LogP contribution < -0.4 is 0 Å². The van der Waals surface area contributed by atoms with E-state index in [0.717, 1.165) is 5.56 Å². The number of hydrogen-bond donors (Lipinski definition) is 1. The quantitative estimate of drug-likeness (QED) is 0.910. The highest BCUT2D eigenvalue weighted by molar-refractivity contribution is 5.87. The first-order valence-electron chi connectivity index (χ1n) is 6.70. The molecule has 1 heterocycles. The number of amides is 1. The normalized spacial score (nSPS) is 22.6. The Balaban J connectivity index is 2.01. The monoisotopic (exact) mass is 277 g/mol. The van der Waals surface area contributed by atoms with Crippen LogP contribution in [0.15, 0.2) is 24.3 Å². The molecule has 1 amide bonds. The molecule has 1 N–H and O–H groups in total. The second kappa shape index (κ2) is 6.05. The lowest BCUT2D eigenvalue weighted by Gasteiger charge is -2.36. The van der Waals surface area contributed by atoms with E-state index >= 15 is 0 Å². The van der Waals surface area contributed by atoms with Crippen LogP contribution >= 0.6 is 0 Å². The number of carboxylic acids is 1. The van der Waals surface area contributed by atoms with Gasteiger partial charge in [-0.1, -0.05) is 12.1 Å². The molecular weight excluding hydrogens is 258 g/mol. The summed E-state index contributed by atoms with van der Waals surface area (Å²) in [5.41, 5.74) is 1.06. The summed E-state index contributed by atoms with van der Waals surface area (Å²) < 4.78 is 5.50. The smallest absolute Gasteiger partial charge is 0.335 e. The molecule has 1 aliphatic rings. The maximum atomic E-state index is 12.3. The van der Waals surface area contributed by atoms with Crippen molar-refractivity contribution in [2.75, 3.05) is 13.2 Å². The number of rotatable bonds is 3. The summed E-state index contributed by atoms with van der Waals surface area (Å²) in [6.45, 7) is 5.09. The number of hydrogen-bond acceptors (Lipinski definition) is 3. The summed E-state index contributed by atoms with van der Waals surface area (Å²) in [5.74, 6) is -0.908. The van der Waals surface area contributed by atoms with Gasteiger partial charge in [0.05, 0.1) is 30.7 Å². The van der Waals surface area contributed by atoms with E-state index in [2.05, 4.69) is 0 Å². The van der Waals surface area contributed by atoms with Crippen LogP contribution in [0, 0.1) is 0 Å². The average Bonchev–Trinajstić information content (AvgIpc) is 2.42. The SMILES string of the molecule is C[C@@H]1CN(C(=O)Cc2ccc(C(=O)O)cc2)[C@@H](C)CO1. The van der Waals surface area contributed by atoms with Crippen molar-refractivity contribution in [3.63, 3.8) is 0 Å². The Morgan fingerprint density at radius 1 is 1.30 bits per heavy atom. The highest BCUT2D eigenvalue weighted by Gasteiger charge is 2.27. The van der Waals surface area contributed by atoms with E-state index in [9.17, 15) is 9.59 Å². The first-order valence-corrected chi connectivity index (χ1v) is 6.70. The summed E-state index contributed by atoms with van der Waals surface area (Å²) in [4.78, 5) is 24.9. The van der Waals surface area contributed by atoms with Gasteiger partial charge in [-0.3, -0.25) is 4.79 Å². The minimum atomic E-state index is -0.960. The number of carbonyl (C=O) groups excluding carboxylic acids is 1. The largest absolute Gasteiger partial charge is 0.478 e. The molecule has 1 aromatic rings. The lowest BCUT2D eigenvalue weighted by atomic mass is 10.1. The summed E-state index contributed by atoms with van der Waals surface area (Å²) in [6, 6.07) is 6.51. The van der Waals surface area contributed by atoms with Crippen LogP contribution in [0.5, 0.6) is 0 Å². The van der Waals surface area contributed by atoms with Crippen LogP contribution in [0.3, 0.4) is 0 Å². The number of benzene rings is 1. The molecule has 0 spiro atoms. The minimum absolute atomic E-state index is 0.0516. The fourth-order valence-corrected chi connectivity index (χ4v) is 2.29. The molecule has 0 unspecified atom stereocenters. The fourth-order valence-electron chi connectivity index (χ4n) is 2.29. The first kappa shape index (κ1) is 14.5. The molecule has 5 nitrogen and oxygen atoms in total. The zero-order valence-electron chi connectivity index (χ0n) is 11.7. The molecule has 2 atom stereocenters. The highest BCUT2D eigenvalue weighted by Crippen LogP contribution is 2.14. The topological polar surface area (TPSA) is 66.8 Å². The second-order valence-corrected chi connectivity index (χ2v) is 5.22. The number of morpholine rings is 1. The lowest BCUT2D eigenvalue weighted by molar-refractivity contribution is -0.142. The van der Waals surface area contributed by atoms with Gasteiger partial charge in [0.2, 0.25) is 5.91 Å². The zero-order valence-corrected chi connectivity index (χ0v) is 11.7. The van der Waals surface area contributed by atoms with E-state index in [-0.39, 0.29) is 30.0 Å². The molecule has 20 heavy (non-hydrogen) atoms. The number of aromatic carboxylic acids is 1. The third-order valence-electron chi connectivity index (χ3n) is 3.48. The van der Waals surface area contributed by atoms with Crippen molar-refractivity contribution in [1.82, 2.24) is 4.90 Å². The third kappa shape index (κ3) is 3.36. The van der Waals surface area contributed by atoms with Crippen molar-refractivity contribution in [2.45, 2.75) is 32.4 Å². The highest BCUT2D eigenvalue weighted by atomic mass is 16.5.